The molecular weight excluding hydrogens is 337 g/mol. The van der Waals surface area contributed by atoms with Gasteiger partial charge in [0, 0.05) is 11.9 Å². The molecule has 3 aromatic rings. The van der Waals surface area contributed by atoms with E-state index in [0.717, 1.165) is 0 Å². The fourth-order valence-corrected chi connectivity index (χ4v) is 2.27. The molecule has 0 saturated carbocycles. The summed E-state index contributed by atoms with van der Waals surface area (Å²) in [4.78, 5) is 28.1. The molecule has 0 bridgehead atoms. The maximum absolute atomic E-state index is 13.3. The standard InChI is InChI=1S/C19H14FN3O3/c20-12-5-3-6-13(11-12)23-18(25)15-8-4-10-22-19(15)26-16-9-2-1-7-14(16)17(21)24/h1-11H,(H2,21,24)(H,23,25). The summed E-state index contributed by atoms with van der Waals surface area (Å²) in [6.45, 7) is 0. The lowest BCUT2D eigenvalue weighted by molar-refractivity contribution is 0.0997. The summed E-state index contributed by atoms with van der Waals surface area (Å²) in [7, 11) is 0. The van der Waals surface area contributed by atoms with Crippen molar-refractivity contribution in [2.45, 2.75) is 0 Å². The minimum absolute atomic E-state index is 0.00453. The van der Waals surface area contributed by atoms with E-state index in [9.17, 15) is 14.0 Å². The van der Waals surface area contributed by atoms with Crippen LogP contribution in [0, 0.1) is 5.82 Å². The third-order valence-corrected chi connectivity index (χ3v) is 3.46. The number of benzene rings is 2. The van der Waals surface area contributed by atoms with E-state index < -0.39 is 17.6 Å². The van der Waals surface area contributed by atoms with Crippen molar-refractivity contribution in [2.24, 2.45) is 5.73 Å². The zero-order valence-electron chi connectivity index (χ0n) is 13.5. The summed E-state index contributed by atoms with van der Waals surface area (Å²) in [5.74, 6) is -1.49. The van der Waals surface area contributed by atoms with Gasteiger partial charge in [0.15, 0.2) is 0 Å². The van der Waals surface area contributed by atoms with Gasteiger partial charge in [-0.2, -0.15) is 0 Å². The Labute approximate surface area is 148 Å². The summed E-state index contributed by atoms with van der Waals surface area (Å²) in [5.41, 5.74) is 5.91. The van der Waals surface area contributed by atoms with Crippen LogP contribution in [0.1, 0.15) is 20.7 Å². The first-order valence-electron chi connectivity index (χ1n) is 7.63. The highest BCUT2D eigenvalue weighted by molar-refractivity contribution is 6.06. The molecule has 6 nitrogen and oxygen atoms in total. The van der Waals surface area contributed by atoms with E-state index in [2.05, 4.69) is 10.3 Å². The number of para-hydroxylation sites is 1. The predicted octanol–water partition coefficient (Wildman–Crippen LogP) is 3.36. The molecule has 0 aliphatic heterocycles. The average Bonchev–Trinajstić information content (AvgIpc) is 2.62. The van der Waals surface area contributed by atoms with E-state index in [4.69, 9.17) is 10.5 Å². The van der Waals surface area contributed by atoms with Crippen LogP contribution in [0.15, 0.2) is 66.9 Å². The van der Waals surface area contributed by atoms with Gasteiger partial charge in [0.2, 0.25) is 5.88 Å². The van der Waals surface area contributed by atoms with Gasteiger partial charge >= 0.3 is 0 Å². The molecular formula is C19H14FN3O3. The molecule has 2 amide bonds. The maximum Gasteiger partial charge on any atom is 0.261 e. The first-order valence-corrected chi connectivity index (χ1v) is 7.63. The molecule has 130 valence electrons. The van der Waals surface area contributed by atoms with E-state index in [1.165, 1.54) is 36.5 Å². The number of anilines is 1. The monoisotopic (exact) mass is 351 g/mol. The van der Waals surface area contributed by atoms with Crippen molar-refractivity contribution >= 4 is 17.5 Å². The lowest BCUT2D eigenvalue weighted by Gasteiger charge is -2.12. The van der Waals surface area contributed by atoms with Gasteiger partial charge in [0.1, 0.15) is 17.1 Å². The number of nitrogens with two attached hydrogens (primary N) is 1. The topological polar surface area (TPSA) is 94.3 Å². The molecule has 7 heteroatoms. The van der Waals surface area contributed by atoms with Crippen LogP contribution in [0.4, 0.5) is 10.1 Å². The zero-order valence-corrected chi connectivity index (χ0v) is 13.5. The highest BCUT2D eigenvalue weighted by Gasteiger charge is 2.17. The van der Waals surface area contributed by atoms with Gasteiger partial charge < -0.3 is 15.8 Å². The Kier molecular flexibility index (Phi) is 4.89. The molecule has 0 fully saturated rings. The largest absolute Gasteiger partial charge is 0.437 e. The minimum atomic E-state index is -0.665. The third kappa shape index (κ3) is 3.84. The molecule has 1 aromatic heterocycles. The Morgan fingerprint density at radius 3 is 2.54 bits per heavy atom. The summed E-state index contributed by atoms with van der Waals surface area (Å²) in [6, 6.07) is 14.9. The van der Waals surface area contributed by atoms with Crippen molar-refractivity contribution in [3.05, 3.63) is 83.8 Å². The van der Waals surface area contributed by atoms with E-state index in [0.29, 0.717) is 5.69 Å². The maximum atomic E-state index is 13.3. The Morgan fingerprint density at radius 1 is 1.00 bits per heavy atom. The normalized spacial score (nSPS) is 10.2. The number of pyridine rings is 1. The molecule has 0 saturated heterocycles. The van der Waals surface area contributed by atoms with Crippen LogP contribution in [0.2, 0.25) is 0 Å². The van der Waals surface area contributed by atoms with E-state index in [1.807, 2.05) is 0 Å². The second-order valence-corrected chi connectivity index (χ2v) is 5.28. The lowest BCUT2D eigenvalue weighted by Crippen LogP contribution is -2.15. The predicted molar refractivity (Wildman–Crippen MR) is 93.6 cm³/mol. The van der Waals surface area contributed by atoms with Crippen LogP contribution in [0.25, 0.3) is 0 Å². The molecule has 1 heterocycles. The summed E-state index contributed by atoms with van der Waals surface area (Å²) in [6.07, 6.45) is 1.45. The van der Waals surface area contributed by atoms with Crippen molar-refractivity contribution in [3.63, 3.8) is 0 Å². The van der Waals surface area contributed by atoms with Crippen LogP contribution in [-0.4, -0.2) is 16.8 Å². The number of carbonyl (C=O) groups excluding carboxylic acids is 2. The Balaban J connectivity index is 1.89. The minimum Gasteiger partial charge on any atom is -0.437 e. The van der Waals surface area contributed by atoms with E-state index in [-0.39, 0.29) is 22.8 Å². The molecule has 26 heavy (non-hydrogen) atoms. The van der Waals surface area contributed by atoms with Crippen LogP contribution in [-0.2, 0) is 0 Å². The van der Waals surface area contributed by atoms with Crippen LogP contribution >= 0.6 is 0 Å². The number of nitrogens with one attached hydrogen (secondary N) is 1. The van der Waals surface area contributed by atoms with Crippen LogP contribution in [0.3, 0.4) is 0 Å². The van der Waals surface area contributed by atoms with Crippen molar-refractivity contribution in [3.8, 4) is 11.6 Å². The fourth-order valence-electron chi connectivity index (χ4n) is 2.27. The number of primary amides is 1. The van der Waals surface area contributed by atoms with Crippen LogP contribution in [0.5, 0.6) is 11.6 Å². The Bertz CT molecular complexity index is 976. The van der Waals surface area contributed by atoms with Crippen molar-refractivity contribution in [1.82, 2.24) is 4.98 Å². The Hall–Kier alpha value is -3.74. The van der Waals surface area contributed by atoms with Gasteiger partial charge in [-0.05, 0) is 42.5 Å². The van der Waals surface area contributed by atoms with Gasteiger partial charge in [-0.15, -0.1) is 0 Å². The van der Waals surface area contributed by atoms with Crippen LogP contribution < -0.4 is 15.8 Å². The number of halogens is 1. The molecule has 0 radical (unpaired) electrons. The van der Waals surface area contributed by atoms with Gasteiger partial charge in [0.05, 0.1) is 5.56 Å². The average molecular weight is 351 g/mol. The SMILES string of the molecule is NC(=O)c1ccccc1Oc1ncccc1C(=O)Nc1cccc(F)c1. The summed E-state index contributed by atoms with van der Waals surface area (Å²) in [5, 5.41) is 2.57. The first kappa shape index (κ1) is 17.1. The molecule has 0 atom stereocenters. The van der Waals surface area contributed by atoms with Crippen molar-refractivity contribution in [2.75, 3.05) is 5.32 Å². The number of amides is 2. The molecule has 0 spiro atoms. The number of hydrogen-bond donors (Lipinski definition) is 2. The van der Waals surface area contributed by atoms with Gasteiger partial charge in [-0.3, -0.25) is 9.59 Å². The van der Waals surface area contributed by atoms with Crippen molar-refractivity contribution in [1.29, 1.82) is 0 Å². The molecule has 0 aliphatic rings. The Morgan fingerprint density at radius 2 is 1.77 bits per heavy atom. The lowest BCUT2D eigenvalue weighted by atomic mass is 10.2. The highest BCUT2D eigenvalue weighted by Crippen LogP contribution is 2.26. The van der Waals surface area contributed by atoms with E-state index in [1.54, 1.807) is 30.3 Å². The molecule has 0 unspecified atom stereocenters. The zero-order chi connectivity index (χ0) is 18.5. The van der Waals surface area contributed by atoms with Gasteiger partial charge in [0.25, 0.3) is 11.8 Å². The fraction of sp³-hybridized carbons (Fsp3) is 0. The number of nitrogens with zero attached hydrogens (tertiary/aromatic N) is 1. The quantitative estimate of drug-likeness (QED) is 0.737. The molecule has 3 rings (SSSR count). The summed E-state index contributed by atoms with van der Waals surface area (Å²) >= 11 is 0. The number of rotatable bonds is 5. The van der Waals surface area contributed by atoms with E-state index >= 15 is 0 Å². The number of carbonyl (C=O) groups is 2. The third-order valence-electron chi connectivity index (χ3n) is 3.46. The second kappa shape index (κ2) is 7.43. The molecule has 2 aromatic carbocycles. The van der Waals surface area contributed by atoms with Crippen molar-refractivity contribution < 1.29 is 18.7 Å². The van der Waals surface area contributed by atoms with Gasteiger partial charge in [-0.25, -0.2) is 9.37 Å². The highest BCUT2D eigenvalue weighted by atomic mass is 19.1. The second-order valence-electron chi connectivity index (χ2n) is 5.28. The number of ether oxygens (including phenoxy) is 1. The molecule has 3 N–H and O–H groups in total. The smallest absolute Gasteiger partial charge is 0.261 e. The number of aromatic nitrogens is 1. The first-order chi connectivity index (χ1) is 12.5. The molecule has 0 aliphatic carbocycles. The number of hydrogen-bond acceptors (Lipinski definition) is 4. The summed E-state index contributed by atoms with van der Waals surface area (Å²) < 4.78 is 18.9. The van der Waals surface area contributed by atoms with Gasteiger partial charge in [-0.1, -0.05) is 18.2 Å².